The molecule has 122 valence electrons. The summed E-state index contributed by atoms with van der Waals surface area (Å²) < 4.78 is 2.82. The van der Waals surface area contributed by atoms with E-state index in [1.807, 2.05) is 36.6 Å². The van der Waals surface area contributed by atoms with E-state index in [1.165, 1.54) is 12.4 Å². The van der Waals surface area contributed by atoms with Crippen LogP contribution in [0.15, 0.2) is 48.8 Å². The van der Waals surface area contributed by atoms with Gasteiger partial charge in [-0.25, -0.2) is 4.85 Å². The van der Waals surface area contributed by atoms with Crippen LogP contribution in [-0.4, -0.2) is 4.57 Å². The molecule has 0 atom stereocenters. The van der Waals surface area contributed by atoms with Crippen molar-refractivity contribution >= 4 is 5.69 Å². The maximum atomic E-state index is 11.5. The summed E-state index contributed by atoms with van der Waals surface area (Å²) in [7, 11) is 0. The molecule has 0 spiro atoms. The summed E-state index contributed by atoms with van der Waals surface area (Å²) in [4.78, 5) is 3.41. The average molecular weight is 328 g/mol. The van der Waals surface area contributed by atoms with Gasteiger partial charge in [0.25, 0.3) is 0 Å². The molecule has 3 rings (SSSR count). The molecule has 0 unspecified atom stereocenters. The first kappa shape index (κ1) is 16.3. The van der Waals surface area contributed by atoms with Gasteiger partial charge in [0.05, 0.1) is 18.7 Å². The number of nitrogens with zero attached hydrogens (tertiary/aromatic N) is 4. The normalized spacial score (nSPS) is 10.2. The molecular formula is C20H16N4O. The predicted octanol–water partition coefficient (Wildman–Crippen LogP) is 3.88. The van der Waals surface area contributed by atoms with Crippen molar-refractivity contribution < 1.29 is 4.73 Å². The number of benzene rings is 1. The fourth-order valence-corrected chi connectivity index (χ4v) is 3.09. The van der Waals surface area contributed by atoms with E-state index in [-0.39, 0.29) is 0 Å². The summed E-state index contributed by atoms with van der Waals surface area (Å²) in [5.41, 5.74) is 5.69. The van der Waals surface area contributed by atoms with Crippen LogP contribution in [0, 0.1) is 37.0 Å². The summed E-state index contributed by atoms with van der Waals surface area (Å²) in [5.74, 6) is 0. The molecule has 0 aliphatic rings. The Hall–Kier alpha value is -3.57. The minimum absolute atomic E-state index is 0.523. The van der Waals surface area contributed by atoms with E-state index < -0.39 is 0 Å². The summed E-state index contributed by atoms with van der Waals surface area (Å²) in [6.45, 7) is 11.5. The van der Waals surface area contributed by atoms with E-state index in [0.29, 0.717) is 17.8 Å². The highest BCUT2D eigenvalue weighted by atomic mass is 16.5. The highest BCUT2D eigenvalue weighted by Crippen LogP contribution is 2.33. The second-order valence-corrected chi connectivity index (χ2v) is 5.85. The highest BCUT2D eigenvalue weighted by molar-refractivity contribution is 5.76. The van der Waals surface area contributed by atoms with E-state index >= 15 is 0 Å². The molecule has 0 fully saturated rings. The molecule has 0 N–H and O–H groups in total. The number of nitriles is 1. The lowest BCUT2D eigenvalue weighted by molar-refractivity contribution is -0.605. The Labute approximate surface area is 146 Å². The zero-order chi connectivity index (χ0) is 18.0. The molecule has 1 aromatic carbocycles. The van der Waals surface area contributed by atoms with Crippen molar-refractivity contribution in [1.82, 2.24) is 4.57 Å². The second-order valence-electron chi connectivity index (χ2n) is 5.85. The molecule has 0 saturated carbocycles. The first-order valence-electron chi connectivity index (χ1n) is 7.80. The van der Waals surface area contributed by atoms with Gasteiger partial charge in [-0.1, -0.05) is 24.3 Å². The monoisotopic (exact) mass is 328 g/mol. The molecule has 2 aromatic heterocycles. The molecule has 2 heterocycles. The molecule has 3 aromatic rings. The molecule has 0 aliphatic carbocycles. The number of hydrogen-bond acceptors (Lipinski definition) is 2. The smallest absolute Gasteiger partial charge is 0.187 e. The van der Waals surface area contributed by atoms with Crippen molar-refractivity contribution in [1.29, 1.82) is 5.26 Å². The Balaban J connectivity index is 2.11. The van der Waals surface area contributed by atoms with Crippen molar-refractivity contribution in [2.45, 2.75) is 20.4 Å². The van der Waals surface area contributed by atoms with Crippen LogP contribution in [0.4, 0.5) is 5.69 Å². The summed E-state index contributed by atoms with van der Waals surface area (Å²) in [6, 6.07) is 13.2. The van der Waals surface area contributed by atoms with Crippen LogP contribution in [0.25, 0.3) is 16.0 Å². The Morgan fingerprint density at radius 1 is 1.20 bits per heavy atom. The van der Waals surface area contributed by atoms with Crippen molar-refractivity contribution in [3.05, 3.63) is 87.9 Å². The van der Waals surface area contributed by atoms with Crippen molar-refractivity contribution in [3.63, 3.8) is 0 Å². The molecule has 0 amide bonds. The molecule has 5 heteroatoms. The standard InChI is InChI=1S/C20H16N4O/c1-14-19(11-21)20(17-6-8-18(22-3)9-7-17)15(2)24(14)13-16-5-4-10-23(25)12-16/h4-10,12H,13H2,1-2H3. The largest absolute Gasteiger partial charge is 0.619 e. The minimum atomic E-state index is 0.523. The zero-order valence-electron chi connectivity index (χ0n) is 14.0. The Morgan fingerprint density at radius 3 is 2.52 bits per heavy atom. The van der Waals surface area contributed by atoms with Crippen LogP contribution < -0.4 is 4.73 Å². The van der Waals surface area contributed by atoms with Crippen molar-refractivity contribution in [2.75, 3.05) is 0 Å². The van der Waals surface area contributed by atoms with Gasteiger partial charge >= 0.3 is 0 Å². The highest BCUT2D eigenvalue weighted by Gasteiger charge is 2.19. The van der Waals surface area contributed by atoms with Crippen molar-refractivity contribution in [3.8, 4) is 17.2 Å². The van der Waals surface area contributed by atoms with Gasteiger partial charge in [0.2, 0.25) is 0 Å². The third-order valence-electron chi connectivity index (χ3n) is 4.36. The van der Waals surface area contributed by atoms with Gasteiger partial charge in [0.15, 0.2) is 18.1 Å². The Kier molecular flexibility index (Phi) is 4.24. The van der Waals surface area contributed by atoms with E-state index in [4.69, 9.17) is 6.57 Å². The maximum Gasteiger partial charge on any atom is 0.187 e. The predicted molar refractivity (Wildman–Crippen MR) is 94.8 cm³/mol. The number of aromatic nitrogens is 2. The minimum Gasteiger partial charge on any atom is -0.619 e. The van der Waals surface area contributed by atoms with Crippen LogP contribution in [0.2, 0.25) is 0 Å². The van der Waals surface area contributed by atoms with Gasteiger partial charge in [0, 0.05) is 28.6 Å². The molecule has 0 aliphatic heterocycles. The number of rotatable bonds is 3. The van der Waals surface area contributed by atoms with Gasteiger partial charge in [-0.15, -0.1) is 0 Å². The Morgan fingerprint density at radius 2 is 1.92 bits per heavy atom. The molecule has 5 nitrogen and oxygen atoms in total. The quantitative estimate of drug-likeness (QED) is 0.416. The molecule has 0 bridgehead atoms. The first-order valence-corrected chi connectivity index (χ1v) is 7.80. The average Bonchev–Trinajstić information content (AvgIpc) is 2.86. The van der Waals surface area contributed by atoms with Gasteiger partial charge in [-0.05, 0) is 25.5 Å². The van der Waals surface area contributed by atoms with E-state index in [0.717, 1.165) is 32.8 Å². The summed E-state index contributed by atoms with van der Waals surface area (Å²) >= 11 is 0. The van der Waals surface area contributed by atoms with Gasteiger partial charge in [0.1, 0.15) is 6.07 Å². The fraction of sp³-hybridized carbons (Fsp3) is 0.150. The topological polar surface area (TPSA) is 60.0 Å². The van der Waals surface area contributed by atoms with Gasteiger partial charge in [-0.2, -0.15) is 9.99 Å². The summed E-state index contributed by atoms with van der Waals surface area (Å²) in [6.07, 6.45) is 2.99. The van der Waals surface area contributed by atoms with E-state index in [9.17, 15) is 10.5 Å². The molecule has 0 radical (unpaired) electrons. The van der Waals surface area contributed by atoms with E-state index in [2.05, 4.69) is 10.9 Å². The lowest BCUT2D eigenvalue weighted by Gasteiger charge is -2.09. The molecule has 25 heavy (non-hydrogen) atoms. The van der Waals surface area contributed by atoms with Crippen molar-refractivity contribution in [2.24, 2.45) is 0 Å². The fourth-order valence-electron chi connectivity index (χ4n) is 3.09. The maximum absolute atomic E-state index is 11.5. The lowest BCUT2D eigenvalue weighted by atomic mass is 10.0. The zero-order valence-corrected chi connectivity index (χ0v) is 14.0. The van der Waals surface area contributed by atoms with E-state index in [1.54, 1.807) is 18.2 Å². The second kappa shape index (κ2) is 6.51. The van der Waals surface area contributed by atoms with Crippen LogP contribution in [0.3, 0.4) is 0 Å². The van der Waals surface area contributed by atoms with Crippen LogP contribution >= 0.6 is 0 Å². The molecule has 0 saturated heterocycles. The first-order chi connectivity index (χ1) is 12.0. The number of hydrogen-bond donors (Lipinski definition) is 0. The van der Waals surface area contributed by atoms with Gasteiger partial charge in [-0.3, -0.25) is 0 Å². The SMILES string of the molecule is [C-]#[N+]c1ccc(-c2c(C#N)c(C)n(Cc3ccc[n+]([O-])c3)c2C)cc1. The third-order valence-corrected chi connectivity index (χ3v) is 4.36. The van der Waals surface area contributed by atoms with Crippen LogP contribution in [0.5, 0.6) is 0 Å². The van der Waals surface area contributed by atoms with Crippen LogP contribution in [0.1, 0.15) is 22.5 Å². The number of pyridine rings is 1. The molecular weight excluding hydrogens is 312 g/mol. The van der Waals surface area contributed by atoms with Crippen LogP contribution in [-0.2, 0) is 6.54 Å². The Bertz CT molecular complexity index is 1020. The third kappa shape index (κ3) is 2.96. The van der Waals surface area contributed by atoms with Gasteiger partial charge < -0.3 is 9.77 Å². The lowest BCUT2D eigenvalue weighted by Crippen LogP contribution is -2.25. The summed E-state index contributed by atoms with van der Waals surface area (Å²) in [5, 5.41) is 21.1.